The molecule has 0 bridgehead atoms. The van der Waals surface area contributed by atoms with E-state index in [1.807, 2.05) is 10.8 Å². The molecule has 0 spiro atoms. The standard InChI is InChI=1S/C12H18N2O2/c15-12-3-1-2-10-7-13-11(14(10)12)6-9-4-5-16-8-9/h7,9,12,15H,1-6,8H2. The van der Waals surface area contributed by atoms with E-state index in [0.717, 1.165) is 51.1 Å². The quantitative estimate of drug-likeness (QED) is 0.820. The fourth-order valence-electron chi connectivity index (χ4n) is 2.74. The van der Waals surface area contributed by atoms with Crippen LogP contribution >= 0.6 is 0 Å². The molecule has 3 rings (SSSR count). The molecule has 1 saturated heterocycles. The first-order chi connectivity index (χ1) is 7.84. The molecule has 1 fully saturated rings. The predicted octanol–water partition coefficient (Wildman–Crippen LogP) is 1.29. The maximum Gasteiger partial charge on any atom is 0.132 e. The van der Waals surface area contributed by atoms with Crippen molar-refractivity contribution in [2.75, 3.05) is 13.2 Å². The molecule has 4 nitrogen and oxygen atoms in total. The Morgan fingerprint density at radius 2 is 2.44 bits per heavy atom. The summed E-state index contributed by atoms with van der Waals surface area (Å²) in [7, 11) is 0. The smallest absolute Gasteiger partial charge is 0.132 e. The van der Waals surface area contributed by atoms with Crippen molar-refractivity contribution in [1.29, 1.82) is 0 Å². The molecule has 2 aliphatic rings. The molecule has 1 aromatic rings. The van der Waals surface area contributed by atoms with Crippen molar-refractivity contribution in [3.8, 4) is 0 Å². The molecule has 2 aliphatic heterocycles. The Bertz CT molecular complexity index is 369. The molecule has 0 amide bonds. The minimum absolute atomic E-state index is 0.358. The number of aliphatic hydroxyl groups is 1. The number of aromatic nitrogens is 2. The molecular weight excluding hydrogens is 204 g/mol. The van der Waals surface area contributed by atoms with Crippen LogP contribution < -0.4 is 0 Å². The van der Waals surface area contributed by atoms with E-state index < -0.39 is 0 Å². The summed E-state index contributed by atoms with van der Waals surface area (Å²) in [6.07, 6.45) is 6.60. The number of imidazole rings is 1. The Labute approximate surface area is 95.3 Å². The van der Waals surface area contributed by atoms with Crippen LogP contribution in [0.2, 0.25) is 0 Å². The minimum Gasteiger partial charge on any atom is -0.381 e. The van der Waals surface area contributed by atoms with Crippen LogP contribution in [0.25, 0.3) is 0 Å². The molecular formula is C12H18N2O2. The Hall–Kier alpha value is -0.870. The van der Waals surface area contributed by atoms with Gasteiger partial charge >= 0.3 is 0 Å². The number of ether oxygens (including phenoxy) is 1. The van der Waals surface area contributed by atoms with E-state index in [1.165, 1.54) is 5.69 Å². The van der Waals surface area contributed by atoms with Gasteiger partial charge in [-0.05, 0) is 31.6 Å². The monoisotopic (exact) mass is 222 g/mol. The van der Waals surface area contributed by atoms with E-state index in [4.69, 9.17) is 4.74 Å². The molecule has 0 saturated carbocycles. The summed E-state index contributed by atoms with van der Waals surface area (Å²) < 4.78 is 7.41. The van der Waals surface area contributed by atoms with Crippen molar-refractivity contribution in [2.45, 2.75) is 38.3 Å². The highest BCUT2D eigenvalue weighted by atomic mass is 16.5. The second-order valence-corrected chi connectivity index (χ2v) is 4.84. The third-order valence-electron chi connectivity index (χ3n) is 3.64. The molecule has 16 heavy (non-hydrogen) atoms. The zero-order valence-electron chi connectivity index (χ0n) is 9.43. The SMILES string of the molecule is OC1CCCc2cnc(CC3CCOC3)n21. The number of aryl methyl sites for hydroxylation is 1. The van der Waals surface area contributed by atoms with Gasteiger partial charge in [0.1, 0.15) is 12.1 Å². The number of fused-ring (bicyclic) bond motifs is 1. The van der Waals surface area contributed by atoms with Crippen molar-refractivity contribution in [2.24, 2.45) is 5.92 Å². The Morgan fingerprint density at radius 3 is 3.25 bits per heavy atom. The van der Waals surface area contributed by atoms with E-state index in [1.54, 1.807) is 0 Å². The fourth-order valence-corrected chi connectivity index (χ4v) is 2.74. The topological polar surface area (TPSA) is 47.3 Å². The molecule has 1 aromatic heterocycles. The van der Waals surface area contributed by atoms with Crippen molar-refractivity contribution in [3.63, 3.8) is 0 Å². The molecule has 0 aromatic carbocycles. The van der Waals surface area contributed by atoms with Gasteiger partial charge in [-0.3, -0.25) is 0 Å². The first kappa shape index (κ1) is 10.3. The fraction of sp³-hybridized carbons (Fsp3) is 0.750. The van der Waals surface area contributed by atoms with Gasteiger partial charge in [0.25, 0.3) is 0 Å². The lowest BCUT2D eigenvalue weighted by atomic mass is 10.0. The normalized spacial score (nSPS) is 29.3. The summed E-state index contributed by atoms with van der Waals surface area (Å²) in [4.78, 5) is 4.46. The van der Waals surface area contributed by atoms with E-state index in [2.05, 4.69) is 4.98 Å². The van der Waals surface area contributed by atoms with E-state index in [0.29, 0.717) is 5.92 Å². The summed E-state index contributed by atoms with van der Waals surface area (Å²) in [5.41, 5.74) is 1.19. The Morgan fingerprint density at radius 1 is 1.50 bits per heavy atom. The number of rotatable bonds is 2. The molecule has 88 valence electrons. The van der Waals surface area contributed by atoms with Crippen LogP contribution in [0, 0.1) is 5.92 Å². The average Bonchev–Trinajstić information content (AvgIpc) is 2.90. The summed E-state index contributed by atoms with van der Waals surface area (Å²) in [6.45, 7) is 1.72. The van der Waals surface area contributed by atoms with Crippen LogP contribution in [0.5, 0.6) is 0 Å². The van der Waals surface area contributed by atoms with E-state index >= 15 is 0 Å². The van der Waals surface area contributed by atoms with Gasteiger partial charge in [0.05, 0.1) is 0 Å². The molecule has 0 aliphatic carbocycles. The van der Waals surface area contributed by atoms with E-state index in [-0.39, 0.29) is 6.23 Å². The first-order valence-corrected chi connectivity index (χ1v) is 6.15. The molecule has 1 N–H and O–H groups in total. The van der Waals surface area contributed by atoms with Crippen LogP contribution in [-0.4, -0.2) is 27.9 Å². The maximum atomic E-state index is 10.00. The molecule has 2 unspecified atom stereocenters. The highest BCUT2D eigenvalue weighted by Crippen LogP contribution is 2.27. The predicted molar refractivity (Wildman–Crippen MR) is 59.1 cm³/mol. The zero-order chi connectivity index (χ0) is 11.0. The van der Waals surface area contributed by atoms with Gasteiger partial charge in [-0.15, -0.1) is 0 Å². The maximum absolute atomic E-state index is 10.00. The Kier molecular flexibility index (Phi) is 2.69. The second kappa shape index (κ2) is 4.18. The highest BCUT2D eigenvalue weighted by Gasteiger charge is 2.24. The summed E-state index contributed by atoms with van der Waals surface area (Å²) >= 11 is 0. The summed E-state index contributed by atoms with van der Waals surface area (Å²) in [5.74, 6) is 1.62. The highest BCUT2D eigenvalue weighted by molar-refractivity contribution is 5.10. The van der Waals surface area contributed by atoms with E-state index in [9.17, 15) is 5.11 Å². The lowest BCUT2D eigenvalue weighted by Gasteiger charge is -2.23. The minimum atomic E-state index is -0.358. The van der Waals surface area contributed by atoms with Crippen LogP contribution in [0.1, 0.15) is 37.0 Å². The molecule has 3 heterocycles. The summed E-state index contributed by atoms with van der Waals surface area (Å²) in [5, 5.41) is 10.00. The molecule has 0 radical (unpaired) electrons. The van der Waals surface area contributed by atoms with Gasteiger partial charge in [0.2, 0.25) is 0 Å². The third kappa shape index (κ3) is 1.76. The number of nitrogens with zero attached hydrogens (tertiary/aromatic N) is 2. The largest absolute Gasteiger partial charge is 0.381 e. The Balaban J connectivity index is 1.81. The first-order valence-electron chi connectivity index (χ1n) is 6.15. The van der Waals surface area contributed by atoms with Crippen molar-refractivity contribution < 1.29 is 9.84 Å². The van der Waals surface area contributed by atoms with Gasteiger partial charge in [-0.2, -0.15) is 0 Å². The second-order valence-electron chi connectivity index (χ2n) is 4.84. The van der Waals surface area contributed by atoms with Gasteiger partial charge < -0.3 is 14.4 Å². The van der Waals surface area contributed by atoms with Crippen LogP contribution in [0.15, 0.2) is 6.20 Å². The van der Waals surface area contributed by atoms with Crippen molar-refractivity contribution >= 4 is 0 Å². The van der Waals surface area contributed by atoms with Gasteiger partial charge in [-0.1, -0.05) is 0 Å². The van der Waals surface area contributed by atoms with Gasteiger partial charge in [0.15, 0.2) is 0 Å². The van der Waals surface area contributed by atoms with Crippen molar-refractivity contribution in [1.82, 2.24) is 9.55 Å². The zero-order valence-corrected chi connectivity index (χ0v) is 9.43. The number of hydrogen-bond acceptors (Lipinski definition) is 3. The molecule has 2 atom stereocenters. The lowest BCUT2D eigenvalue weighted by molar-refractivity contribution is 0.0749. The molecule has 4 heteroatoms. The van der Waals surface area contributed by atoms with Crippen LogP contribution in [0.3, 0.4) is 0 Å². The lowest BCUT2D eigenvalue weighted by Crippen LogP contribution is -2.20. The number of aliphatic hydroxyl groups excluding tert-OH is 1. The summed E-state index contributed by atoms with van der Waals surface area (Å²) in [6, 6.07) is 0. The van der Waals surface area contributed by atoms with Gasteiger partial charge in [-0.25, -0.2) is 4.98 Å². The van der Waals surface area contributed by atoms with Crippen molar-refractivity contribution in [3.05, 3.63) is 17.7 Å². The number of hydrogen-bond donors (Lipinski definition) is 1. The van der Waals surface area contributed by atoms with Crippen LogP contribution in [0.4, 0.5) is 0 Å². The van der Waals surface area contributed by atoms with Gasteiger partial charge in [0, 0.05) is 31.5 Å². The van der Waals surface area contributed by atoms with Crippen LogP contribution in [-0.2, 0) is 17.6 Å². The third-order valence-corrected chi connectivity index (χ3v) is 3.64. The average molecular weight is 222 g/mol.